The van der Waals surface area contributed by atoms with Crippen LogP contribution in [0.5, 0.6) is 0 Å². The molecule has 0 aliphatic heterocycles. The van der Waals surface area contributed by atoms with Gasteiger partial charge in [-0.1, -0.05) is 78.1 Å². The van der Waals surface area contributed by atoms with Gasteiger partial charge in [-0.3, -0.25) is 0 Å². The SMILES string of the molecule is CCCCCCCCN(CCCCCCCC)CCOCC(F)(F)C(F)(F)F. The lowest BCUT2D eigenvalue weighted by Crippen LogP contribution is -2.41. The van der Waals surface area contributed by atoms with Gasteiger partial charge >= 0.3 is 12.1 Å². The summed E-state index contributed by atoms with van der Waals surface area (Å²) in [5.41, 5.74) is 0. The molecule has 0 amide bonds. The Bertz CT molecular complexity index is 334. The van der Waals surface area contributed by atoms with Gasteiger partial charge in [-0.15, -0.1) is 0 Å². The van der Waals surface area contributed by atoms with E-state index >= 15 is 0 Å². The summed E-state index contributed by atoms with van der Waals surface area (Å²) in [7, 11) is 0. The molecule has 0 fully saturated rings. The van der Waals surface area contributed by atoms with E-state index in [0.717, 1.165) is 38.8 Å². The number of unbranched alkanes of at least 4 members (excludes halogenated alkanes) is 10. The second-order valence-corrected chi connectivity index (χ2v) is 7.63. The van der Waals surface area contributed by atoms with Gasteiger partial charge in [0.2, 0.25) is 0 Å². The highest BCUT2D eigenvalue weighted by Gasteiger charge is 2.57. The average Bonchev–Trinajstić information content (AvgIpc) is 2.62. The summed E-state index contributed by atoms with van der Waals surface area (Å²) in [4.78, 5) is 2.14. The number of nitrogens with zero attached hydrogens (tertiary/aromatic N) is 1. The van der Waals surface area contributed by atoms with E-state index in [4.69, 9.17) is 0 Å². The van der Waals surface area contributed by atoms with Crippen LogP contribution in [0.4, 0.5) is 22.0 Å². The lowest BCUT2D eigenvalue weighted by atomic mass is 10.1. The van der Waals surface area contributed by atoms with Gasteiger partial charge in [-0.05, 0) is 25.9 Å². The maximum atomic E-state index is 12.9. The molecule has 7 heteroatoms. The van der Waals surface area contributed by atoms with E-state index in [1.807, 2.05) is 0 Å². The summed E-state index contributed by atoms with van der Waals surface area (Å²) in [6.45, 7) is 4.74. The minimum atomic E-state index is -5.55. The molecule has 0 aromatic heterocycles. The zero-order valence-corrected chi connectivity index (χ0v) is 17.8. The molecule has 0 aromatic rings. The number of hydrogen-bond donors (Lipinski definition) is 0. The molecular weight excluding hydrogens is 377 g/mol. The van der Waals surface area contributed by atoms with E-state index in [0.29, 0.717) is 6.54 Å². The van der Waals surface area contributed by atoms with E-state index in [1.54, 1.807) is 0 Å². The molecule has 0 saturated carbocycles. The highest BCUT2D eigenvalue weighted by atomic mass is 19.4. The second-order valence-electron chi connectivity index (χ2n) is 7.63. The van der Waals surface area contributed by atoms with Gasteiger partial charge in [0.05, 0.1) is 6.61 Å². The largest absolute Gasteiger partial charge is 0.455 e. The summed E-state index contributed by atoms with van der Waals surface area (Å²) in [5.74, 6) is -4.78. The van der Waals surface area contributed by atoms with Gasteiger partial charge in [0.15, 0.2) is 0 Å². The number of rotatable bonds is 19. The summed E-state index contributed by atoms with van der Waals surface area (Å²) >= 11 is 0. The molecule has 0 bridgehead atoms. The predicted molar refractivity (Wildman–Crippen MR) is 105 cm³/mol. The Labute approximate surface area is 168 Å². The van der Waals surface area contributed by atoms with Gasteiger partial charge in [-0.25, -0.2) is 0 Å². The molecule has 0 N–H and O–H groups in total. The lowest BCUT2D eigenvalue weighted by molar-refractivity contribution is -0.296. The van der Waals surface area contributed by atoms with Crippen molar-refractivity contribution in [1.82, 2.24) is 4.90 Å². The molecule has 0 rings (SSSR count). The first-order chi connectivity index (χ1) is 13.2. The van der Waals surface area contributed by atoms with Crippen molar-refractivity contribution in [3.05, 3.63) is 0 Å². The maximum Gasteiger partial charge on any atom is 0.455 e. The zero-order valence-electron chi connectivity index (χ0n) is 17.8. The molecule has 0 saturated heterocycles. The number of ether oxygens (including phenoxy) is 1. The molecule has 0 heterocycles. The van der Waals surface area contributed by atoms with E-state index in [2.05, 4.69) is 23.5 Å². The topological polar surface area (TPSA) is 12.5 Å². The van der Waals surface area contributed by atoms with Crippen LogP contribution in [-0.4, -0.2) is 49.8 Å². The van der Waals surface area contributed by atoms with Crippen molar-refractivity contribution < 1.29 is 26.7 Å². The van der Waals surface area contributed by atoms with Crippen LogP contribution in [-0.2, 0) is 4.74 Å². The van der Waals surface area contributed by atoms with E-state index < -0.39 is 18.7 Å². The predicted octanol–water partition coefficient (Wildman–Crippen LogP) is 7.22. The van der Waals surface area contributed by atoms with Gasteiger partial charge < -0.3 is 9.64 Å². The van der Waals surface area contributed by atoms with E-state index in [-0.39, 0.29) is 6.61 Å². The fourth-order valence-electron chi connectivity index (χ4n) is 3.04. The average molecular weight is 418 g/mol. The van der Waals surface area contributed by atoms with Crippen molar-refractivity contribution >= 4 is 0 Å². The molecule has 2 nitrogen and oxygen atoms in total. The third kappa shape index (κ3) is 14.6. The maximum absolute atomic E-state index is 12.9. The van der Waals surface area contributed by atoms with Crippen LogP contribution in [0.1, 0.15) is 90.9 Å². The fourth-order valence-corrected chi connectivity index (χ4v) is 3.04. The van der Waals surface area contributed by atoms with Crippen LogP contribution in [0, 0.1) is 0 Å². The summed E-state index contributed by atoms with van der Waals surface area (Å²) in [5, 5.41) is 0. The molecule has 0 unspecified atom stereocenters. The quantitative estimate of drug-likeness (QED) is 0.162. The normalized spacial score (nSPS) is 12.9. The van der Waals surface area contributed by atoms with Crippen molar-refractivity contribution in [1.29, 1.82) is 0 Å². The molecule has 0 radical (unpaired) electrons. The smallest absolute Gasteiger partial charge is 0.373 e. The van der Waals surface area contributed by atoms with Crippen molar-refractivity contribution in [2.45, 2.75) is 103 Å². The molecule has 0 aliphatic rings. The molecule has 28 heavy (non-hydrogen) atoms. The first-order valence-corrected chi connectivity index (χ1v) is 11.0. The van der Waals surface area contributed by atoms with E-state index in [1.165, 1.54) is 51.4 Å². The van der Waals surface area contributed by atoms with E-state index in [9.17, 15) is 22.0 Å². The number of hydrogen-bond acceptors (Lipinski definition) is 2. The zero-order chi connectivity index (χ0) is 21.3. The minimum Gasteiger partial charge on any atom is -0.373 e. The molecule has 0 atom stereocenters. The monoisotopic (exact) mass is 417 g/mol. The van der Waals surface area contributed by atoms with Gasteiger partial charge in [0, 0.05) is 6.54 Å². The Morgan fingerprint density at radius 3 is 1.46 bits per heavy atom. The Morgan fingerprint density at radius 1 is 0.607 bits per heavy atom. The van der Waals surface area contributed by atoms with Crippen LogP contribution in [0.25, 0.3) is 0 Å². The van der Waals surface area contributed by atoms with Gasteiger partial charge in [0.1, 0.15) is 6.61 Å². The van der Waals surface area contributed by atoms with Crippen LogP contribution < -0.4 is 0 Å². The Kier molecular flexibility index (Phi) is 16.1. The fraction of sp³-hybridized carbons (Fsp3) is 1.00. The van der Waals surface area contributed by atoms with Gasteiger partial charge in [-0.2, -0.15) is 22.0 Å². The Hall–Kier alpha value is -0.430. The van der Waals surface area contributed by atoms with Crippen molar-refractivity contribution in [3.63, 3.8) is 0 Å². The lowest BCUT2D eigenvalue weighted by Gasteiger charge is -2.24. The standard InChI is InChI=1S/C21H40F5NO/c1-3-5-7-9-11-13-15-27(16-14-12-10-8-6-4-2)17-18-28-19-20(22,23)21(24,25)26/h3-19H2,1-2H3. The minimum absolute atomic E-state index is 0.0999. The highest BCUT2D eigenvalue weighted by molar-refractivity contribution is 4.75. The van der Waals surface area contributed by atoms with Crippen LogP contribution in [0.3, 0.4) is 0 Å². The molecule has 0 spiro atoms. The van der Waals surface area contributed by atoms with Crippen LogP contribution in [0.15, 0.2) is 0 Å². The van der Waals surface area contributed by atoms with Crippen molar-refractivity contribution in [2.24, 2.45) is 0 Å². The third-order valence-electron chi connectivity index (χ3n) is 4.91. The van der Waals surface area contributed by atoms with Crippen LogP contribution >= 0.6 is 0 Å². The number of halogens is 5. The Balaban J connectivity index is 4.13. The summed E-state index contributed by atoms with van der Waals surface area (Å²) < 4.78 is 66.9. The van der Waals surface area contributed by atoms with Crippen molar-refractivity contribution in [3.8, 4) is 0 Å². The number of alkyl halides is 5. The van der Waals surface area contributed by atoms with Gasteiger partial charge in [0.25, 0.3) is 0 Å². The molecule has 0 aliphatic carbocycles. The first kappa shape index (κ1) is 27.6. The first-order valence-electron chi connectivity index (χ1n) is 11.0. The molecular formula is C21H40F5NO. The Morgan fingerprint density at radius 2 is 1.04 bits per heavy atom. The summed E-state index contributed by atoms with van der Waals surface area (Å²) in [6, 6.07) is 0. The molecule has 0 aromatic carbocycles. The second kappa shape index (κ2) is 16.4. The highest BCUT2D eigenvalue weighted by Crippen LogP contribution is 2.35. The van der Waals surface area contributed by atoms with Crippen LogP contribution in [0.2, 0.25) is 0 Å². The van der Waals surface area contributed by atoms with Crippen molar-refractivity contribution in [2.75, 3.05) is 32.8 Å². The third-order valence-corrected chi connectivity index (χ3v) is 4.91. The summed E-state index contributed by atoms with van der Waals surface area (Å²) in [6.07, 6.45) is 8.45. The molecule has 170 valence electrons.